The molecular formula is C19H12F6N2OS. The summed E-state index contributed by atoms with van der Waals surface area (Å²) in [6.45, 7) is 0. The number of carbonyl (C=O) groups is 1. The minimum absolute atomic E-state index is 0.211. The topological polar surface area (TPSA) is 32.7 Å². The lowest BCUT2D eigenvalue weighted by Crippen LogP contribution is -2.32. The van der Waals surface area contributed by atoms with Crippen LogP contribution < -0.4 is 4.90 Å². The molecule has 3 nitrogen and oxygen atoms in total. The van der Waals surface area contributed by atoms with Crippen LogP contribution in [0.15, 0.2) is 53.5 Å². The van der Waals surface area contributed by atoms with E-state index in [0.29, 0.717) is 12.8 Å². The van der Waals surface area contributed by atoms with E-state index in [1.165, 1.54) is 40.9 Å². The van der Waals surface area contributed by atoms with Crippen molar-refractivity contribution < 1.29 is 31.1 Å². The molecule has 0 aromatic heterocycles. The molecule has 1 saturated carbocycles. The average Bonchev–Trinajstić information content (AvgIpc) is 3.36. The molecule has 2 fully saturated rings. The molecule has 0 radical (unpaired) electrons. The summed E-state index contributed by atoms with van der Waals surface area (Å²) in [6, 6.07) is 8.26. The summed E-state index contributed by atoms with van der Waals surface area (Å²) in [5.41, 5.74) is -1.23. The molecule has 2 aromatic rings. The zero-order valence-electron chi connectivity index (χ0n) is 14.5. The fraction of sp³-hybridized carbons (Fsp3) is 0.263. The van der Waals surface area contributed by atoms with Gasteiger partial charge in [0.15, 0.2) is 5.17 Å². The first kappa shape index (κ1) is 19.8. The first-order chi connectivity index (χ1) is 13.5. The fourth-order valence-electron chi connectivity index (χ4n) is 2.92. The molecule has 1 saturated heterocycles. The van der Waals surface area contributed by atoms with Gasteiger partial charge in [-0.1, -0.05) is 11.8 Å². The van der Waals surface area contributed by atoms with Crippen molar-refractivity contribution in [3.8, 4) is 0 Å². The third-order valence-corrected chi connectivity index (χ3v) is 6.08. The van der Waals surface area contributed by atoms with Crippen LogP contribution in [0.25, 0.3) is 0 Å². The number of anilines is 1. The molecule has 152 valence electrons. The van der Waals surface area contributed by atoms with Crippen molar-refractivity contribution in [2.24, 2.45) is 4.99 Å². The third-order valence-electron chi connectivity index (χ3n) is 4.65. The first-order valence-corrected chi connectivity index (χ1v) is 9.28. The Balaban J connectivity index is 1.68. The standard InChI is InChI=1S/C19H12F6N2OS/c20-18(21,22)11-1-5-13(6-2-11)26-16-27(15(28)17(29-16)9-10-17)14-7-3-12(4-8-14)19(23,24)25/h1-8H,9-10H2. The van der Waals surface area contributed by atoms with Gasteiger partial charge in [-0.05, 0) is 61.4 Å². The lowest BCUT2D eigenvalue weighted by atomic mass is 10.2. The van der Waals surface area contributed by atoms with E-state index in [1.54, 1.807) is 0 Å². The van der Waals surface area contributed by atoms with Crippen LogP contribution in [-0.2, 0) is 17.1 Å². The van der Waals surface area contributed by atoms with E-state index in [4.69, 9.17) is 0 Å². The smallest absolute Gasteiger partial charge is 0.272 e. The summed E-state index contributed by atoms with van der Waals surface area (Å²) < 4.78 is 75.8. The molecule has 29 heavy (non-hydrogen) atoms. The molecule has 0 atom stereocenters. The van der Waals surface area contributed by atoms with Gasteiger partial charge in [0.1, 0.15) is 4.75 Å². The predicted octanol–water partition coefficient (Wildman–Crippen LogP) is 6.02. The van der Waals surface area contributed by atoms with Crippen LogP contribution in [0.4, 0.5) is 37.7 Å². The van der Waals surface area contributed by atoms with E-state index in [9.17, 15) is 31.1 Å². The van der Waals surface area contributed by atoms with Gasteiger partial charge in [-0.15, -0.1) is 0 Å². The highest BCUT2D eigenvalue weighted by molar-refractivity contribution is 8.17. The SMILES string of the molecule is O=C1N(c2ccc(C(F)(F)F)cc2)C(=Nc2ccc(C(F)(F)F)cc2)SC12CC2. The number of thioether (sulfide) groups is 1. The molecule has 1 aliphatic heterocycles. The molecule has 2 aromatic carbocycles. The van der Waals surface area contributed by atoms with Crippen LogP contribution in [0.5, 0.6) is 0 Å². The van der Waals surface area contributed by atoms with Crippen LogP contribution in [0.2, 0.25) is 0 Å². The van der Waals surface area contributed by atoms with Crippen molar-refractivity contribution in [3.63, 3.8) is 0 Å². The quantitative estimate of drug-likeness (QED) is 0.546. The maximum Gasteiger partial charge on any atom is 0.416 e. The number of hydrogen-bond acceptors (Lipinski definition) is 3. The van der Waals surface area contributed by atoms with E-state index in [0.717, 1.165) is 24.3 Å². The van der Waals surface area contributed by atoms with E-state index in [1.807, 2.05) is 0 Å². The minimum Gasteiger partial charge on any atom is -0.272 e. The Morgan fingerprint density at radius 1 is 0.828 bits per heavy atom. The number of carbonyl (C=O) groups excluding carboxylic acids is 1. The van der Waals surface area contributed by atoms with Crippen LogP contribution in [0.1, 0.15) is 24.0 Å². The highest BCUT2D eigenvalue weighted by Gasteiger charge is 2.60. The van der Waals surface area contributed by atoms with E-state index >= 15 is 0 Å². The molecule has 1 heterocycles. The van der Waals surface area contributed by atoms with Gasteiger partial charge in [-0.3, -0.25) is 9.69 Å². The number of nitrogens with zero attached hydrogens (tertiary/aromatic N) is 2. The maximum absolute atomic E-state index is 12.8. The molecule has 0 N–H and O–H groups in total. The summed E-state index contributed by atoms with van der Waals surface area (Å²) in [7, 11) is 0. The largest absolute Gasteiger partial charge is 0.416 e. The summed E-state index contributed by atoms with van der Waals surface area (Å²) in [6.07, 6.45) is -7.76. The fourth-order valence-corrected chi connectivity index (χ4v) is 4.18. The van der Waals surface area contributed by atoms with Gasteiger partial charge >= 0.3 is 12.4 Å². The molecule has 1 amide bonds. The number of benzene rings is 2. The number of halogens is 6. The van der Waals surface area contributed by atoms with Gasteiger partial charge in [0.2, 0.25) is 5.91 Å². The van der Waals surface area contributed by atoms with Crippen molar-refractivity contribution in [3.05, 3.63) is 59.7 Å². The Morgan fingerprint density at radius 3 is 1.76 bits per heavy atom. The van der Waals surface area contributed by atoms with Crippen molar-refractivity contribution in [1.82, 2.24) is 0 Å². The van der Waals surface area contributed by atoms with Gasteiger partial charge in [0.25, 0.3) is 0 Å². The summed E-state index contributed by atoms with van der Waals surface area (Å²) in [4.78, 5) is 18.3. The average molecular weight is 430 g/mol. The second kappa shape index (κ2) is 6.51. The Morgan fingerprint density at radius 2 is 1.31 bits per heavy atom. The molecule has 4 rings (SSSR count). The number of aliphatic imine (C=N–C) groups is 1. The Bertz CT molecular complexity index is 976. The molecule has 0 unspecified atom stereocenters. The molecule has 0 bridgehead atoms. The molecule has 10 heteroatoms. The number of alkyl halides is 6. The monoisotopic (exact) mass is 430 g/mol. The predicted molar refractivity (Wildman–Crippen MR) is 97.0 cm³/mol. The Labute approximate surface area is 165 Å². The summed E-state index contributed by atoms with van der Waals surface area (Å²) >= 11 is 1.19. The van der Waals surface area contributed by atoms with E-state index in [-0.39, 0.29) is 22.4 Å². The van der Waals surface area contributed by atoms with Gasteiger partial charge in [-0.2, -0.15) is 26.3 Å². The zero-order valence-corrected chi connectivity index (χ0v) is 15.3. The van der Waals surface area contributed by atoms with Crippen LogP contribution in [-0.4, -0.2) is 15.8 Å². The normalized spacial score (nSPS) is 20.0. The van der Waals surface area contributed by atoms with Crippen LogP contribution in [0, 0.1) is 0 Å². The minimum atomic E-state index is -4.50. The summed E-state index contributed by atoms with van der Waals surface area (Å²) in [5, 5.41) is 0.229. The van der Waals surface area contributed by atoms with E-state index < -0.39 is 28.2 Å². The molecule has 1 aliphatic carbocycles. The number of hydrogen-bond donors (Lipinski definition) is 0. The second-order valence-electron chi connectivity index (χ2n) is 6.72. The molecular weight excluding hydrogens is 418 g/mol. The number of amides is 1. The first-order valence-electron chi connectivity index (χ1n) is 8.46. The third kappa shape index (κ3) is 3.73. The lowest BCUT2D eigenvalue weighted by Gasteiger charge is -2.17. The summed E-state index contributed by atoms with van der Waals surface area (Å²) in [5.74, 6) is -0.284. The van der Waals surface area contributed by atoms with Crippen LogP contribution in [0.3, 0.4) is 0 Å². The Kier molecular flexibility index (Phi) is 4.45. The number of rotatable bonds is 2. The zero-order chi connectivity index (χ0) is 21.0. The second-order valence-corrected chi connectivity index (χ2v) is 8.07. The van der Waals surface area contributed by atoms with E-state index in [2.05, 4.69) is 4.99 Å². The van der Waals surface area contributed by atoms with Crippen molar-refractivity contribution in [2.75, 3.05) is 4.90 Å². The van der Waals surface area contributed by atoms with Crippen molar-refractivity contribution in [2.45, 2.75) is 29.9 Å². The van der Waals surface area contributed by atoms with Gasteiger partial charge in [-0.25, -0.2) is 4.99 Å². The lowest BCUT2D eigenvalue weighted by molar-refractivity contribution is -0.138. The highest BCUT2D eigenvalue weighted by atomic mass is 32.2. The van der Waals surface area contributed by atoms with Crippen molar-refractivity contribution >= 4 is 34.2 Å². The molecule has 1 spiro atoms. The number of amidine groups is 1. The van der Waals surface area contributed by atoms with Gasteiger partial charge in [0, 0.05) is 0 Å². The maximum atomic E-state index is 12.8. The molecule has 2 aliphatic rings. The van der Waals surface area contributed by atoms with Crippen molar-refractivity contribution in [1.29, 1.82) is 0 Å². The van der Waals surface area contributed by atoms with Crippen LogP contribution >= 0.6 is 11.8 Å². The van der Waals surface area contributed by atoms with Gasteiger partial charge < -0.3 is 0 Å². The Hall–Kier alpha value is -2.49. The highest BCUT2D eigenvalue weighted by Crippen LogP contribution is 2.56. The van der Waals surface area contributed by atoms with Gasteiger partial charge in [0.05, 0.1) is 22.5 Å².